The minimum Gasteiger partial charge on any atom is -0.325 e. The van der Waals surface area contributed by atoms with Crippen LogP contribution in [0, 0.1) is 13.8 Å². The van der Waals surface area contributed by atoms with Gasteiger partial charge in [-0.1, -0.05) is 47.1 Å². The third-order valence-electron chi connectivity index (χ3n) is 4.68. The van der Waals surface area contributed by atoms with E-state index in [0.717, 1.165) is 11.1 Å². The number of halogens is 1. The first-order valence-corrected chi connectivity index (χ1v) is 12.6. The molecule has 1 aromatic heterocycles. The molecule has 0 saturated carbocycles. The van der Waals surface area contributed by atoms with Crippen LogP contribution in [-0.2, 0) is 26.9 Å². The van der Waals surface area contributed by atoms with E-state index in [1.807, 2.05) is 20.8 Å². The van der Waals surface area contributed by atoms with Crippen molar-refractivity contribution in [2.24, 2.45) is 0 Å². The Hall–Kier alpha value is -2.36. The molecule has 10 heteroatoms. The number of hydrogen-bond acceptors (Lipinski definition) is 6. The highest BCUT2D eigenvalue weighted by atomic mass is 35.5. The van der Waals surface area contributed by atoms with Crippen LogP contribution >= 0.6 is 23.4 Å². The largest absolute Gasteiger partial charge is 0.325 e. The molecule has 0 aliphatic rings. The lowest BCUT2D eigenvalue weighted by Crippen LogP contribution is -2.16. The summed E-state index contributed by atoms with van der Waals surface area (Å²) in [6, 6.07) is 12.0. The van der Waals surface area contributed by atoms with E-state index in [2.05, 4.69) is 15.5 Å². The average Bonchev–Trinajstić information content (AvgIpc) is 3.11. The van der Waals surface area contributed by atoms with Crippen LogP contribution in [0.3, 0.4) is 0 Å². The average molecular weight is 479 g/mol. The lowest BCUT2D eigenvalue weighted by molar-refractivity contribution is -0.113. The van der Waals surface area contributed by atoms with Gasteiger partial charge in [0.2, 0.25) is 5.91 Å². The molecule has 3 aromatic rings. The number of carbonyl (C=O) groups excluding carboxylic acids is 1. The first-order chi connectivity index (χ1) is 14.7. The summed E-state index contributed by atoms with van der Waals surface area (Å²) >= 11 is 7.29. The van der Waals surface area contributed by atoms with Gasteiger partial charge < -0.3 is 9.88 Å². The molecule has 0 fully saturated rings. The van der Waals surface area contributed by atoms with Crippen molar-refractivity contribution in [3.8, 4) is 0 Å². The zero-order valence-electron chi connectivity index (χ0n) is 17.4. The Morgan fingerprint density at radius 2 is 1.84 bits per heavy atom. The van der Waals surface area contributed by atoms with Crippen LogP contribution in [0.2, 0.25) is 5.02 Å². The maximum atomic E-state index is 12.8. The van der Waals surface area contributed by atoms with Crippen molar-refractivity contribution in [2.45, 2.75) is 43.1 Å². The number of carbonyl (C=O) groups is 1. The molecule has 0 bridgehead atoms. The molecule has 0 aliphatic carbocycles. The second-order valence-corrected chi connectivity index (χ2v) is 10.3. The number of benzene rings is 2. The van der Waals surface area contributed by atoms with Gasteiger partial charge in [-0.15, -0.1) is 10.2 Å². The van der Waals surface area contributed by atoms with E-state index in [9.17, 15) is 13.2 Å². The number of sulfone groups is 1. The van der Waals surface area contributed by atoms with E-state index in [1.54, 1.807) is 47.0 Å². The minimum atomic E-state index is -3.55. The highest BCUT2D eigenvalue weighted by Crippen LogP contribution is 2.24. The molecular weight excluding hydrogens is 456 g/mol. The van der Waals surface area contributed by atoms with Gasteiger partial charge in [-0.3, -0.25) is 4.79 Å². The van der Waals surface area contributed by atoms with Crippen molar-refractivity contribution < 1.29 is 13.2 Å². The Bertz CT molecular complexity index is 1190. The van der Waals surface area contributed by atoms with Crippen molar-refractivity contribution >= 4 is 44.8 Å². The zero-order valence-corrected chi connectivity index (χ0v) is 19.8. The van der Waals surface area contributed by atoms with Crippen LogP contribution in [0.1, 0.15) is 23.9 Å². The number of thioether (sulfide) groups is 1. The van der Waals surface area contributed by atoms with Crippen LogP contribution in [0.15, 0.2) is 52.5 Å². The number of nitrogens with one attached hydrogen (secondary N) is 1. The molecule has 164 valence electrons. The number of aryl methyl sites for hydroxylation is 1. The fraction of sp³-hybridized carbons (Fsp3) is 0.286. The van der Waals surface area contributed by atoms with Crippen LogP contribution in [0.4, 0.5) is 5.69 Å². The Labute approximate surface area is 191 Å². The number of amides is 1. The summed E-state index contributed by atoms with van der Waals surface area (Å²) in [5.74, 6) is -0.0216. The van der Waals surface area contributed by atoms with Crippen molar-refractivity contribution in [1.29, 1.82) is 0 Å². The summed E-state index contributed by atoms with van der Waals surface area (Å²) in [5.41, 5.74) is 2.43. The molecule has 0 spiro atoms. The lowest BCUT2D eigenvalue weighted by atomic mass is 10.2. The number of nitrogens with zero attached hydrogens (tertiary/aromatic N) is 3. The Balaban J connectivity index is 1.69. The lowest BCUT2D eigenvalue weighted by Gasteiger charge is -2.10. The third-order valence-corrected chi connectivity index (χ3v) is 7.69. The van der Waals surface area contributed by atoms with E-state index in [-0.39, 0.29) is 22.3 Å². The molecule has 3 rings (SSSR count). The molecule has 31 heavy (non-hydrogen) atoms. The van der Waals surface area contributed by atoms with Crippen LogP contribution in [0.5, 0.6) is 0 Å². The highest BCUT2D eigenvalue weighted by Gasteiger charge is 2.21. The van der Waals surface area contributed by atoms with Gasteiger partial charge in [0.25, 0.3) is 0 Å². The molecule has 0 saturated heterocycles. The second-order valence-electron chi connectivity index (χ2n) is 6.96. The molecule has 7 nitrogen and oxygen atoms in total. The fourth-order valence-corrected chi connectivity index (χ4v) is 5.18. The summed E-state index contributed by atoms with van der Waals surface area (Å²) in [4.78, 5) is 12.6. The number of rotatable bonds is 8. The Morgan fingerprint density at radius 3 is 2.52 bits per heavy atom. The monoisotopic (exact) mass is 478 g/mol. The van der Waals surface area contributed by atoms with Crippen molar-refractivity contribution in [2.75, 3.05) is 11.1 Å². The van der Waals surface area contributed by atoms with Gasteiger partial charge in [0.15, 0.2) is 15.0 Å². The smallest absolute Gasteiger partial charge is 0.234 e. The molecule has 1 N–H and O–H groups in total. The van der Waals surface area contributed by atoms with Gasteiger partial charge in [0.05, 0.1) is 10.6 Å². The molecule has 0 aliphatic heterocycles. The highest BCUT2D eigenvalue weighted by molar-refractivity contribution is 7.99. The first-order valence-electron chi connectivity index (χ1n) is 9.60. The van der Waals surface area contributed by atoms with Crippen molar-refractivity contribution in [3.05, 3.63) is 64.4 Å². The summed E-state index contributed by atoms with van der Waals surface area (Å²) in [5, 5.41) is 12.1. The predicted molar refractivity (Wildman–Crippen MR) is 123 cm³/mol. The third kappa shape index (κ3) is 5.66. The van der Waals surface area contributed by atoms with E-state index in [1.165, 1.54) is 11.8 Å². The first kappa shape index (κ1) is 23.3. The Morgan fingerprint density at radius 1 is 1.13 bits per heavy atom. The van der Waals surface area contributed by atoms with Gasteiger partial charge in [-0.25, -0.2) is 8.42 Å². The summed E-state index contributed by atoms with van der Waals surface area (Å²) in [7, 11) is -3.55. The molecule has 1 amide bonds. The van der Waals surface area contributed by atoms with Crippen LogP contribution in [-0.4, -0.2) is 34.8 Å². The Kier molecular flexibility index (Phi) is 7.40. The molecule has 0 unspecified atom stereocenters. The topological polar surface area (TPSA) is 93.9 Å². The standard InChI is InChI=1S/C21H23ClN4O3S2/c1-4-26-19(13-31(28,29)16-10-8-14(2)9-11-16)24-25-21(26)30-12-20(27)23-18-7-5-6-17(22)15(18)3/h5-11H,4,12-13H2,1-3H3,(H,23,27). The van der Waals surface area contributed by atoms with Crippen molar-refractivity contribution in [3.63, 3.8) is 0 Å². The number of anilines is 1. The van der Waals surface area contributed by atoms with Crippen molar-refractivity contribution in [1.82, 2.24) is 14.8 Å². The predicted octanol–water partition coefficient (Wildman–Crippen LogP) is 4.27. The molecular formula is C21H23ClN4O3S2. The van der Waals surface area contributed by atoms with Gasteiger partial charge in [-0.2, -0.15) is 0 Å². The molecule has 1 heterocycles. The molecule has 2 aromatic carbocycles. The molecule has 0 atom stereocenters. The maximum absolute atomic E-state index is 12.8. The number of hydrogen-bond donors (Lipinski definition) is 1. The second kappa shape index (κ2) is 9.84. The minimum absolute atomic E-state index is 0.106. The quantitative estimate of drug-likeness (QED) is 0.486. The van der Waals surface area contributed by atoms with Crippen LogP contribution < -0.4 is 5.32 Å². The normalized spacial score (nSPS) is 11.5. The van der Waals surface area contributed by atoms with Gasteiger partial charge in [0.1, 0.15) is 11.6 Å². The number of aromatic nitrogens is 3. The SMILES string of the molecule is CCn1c(CS(=O)(=O)c2ccc(C)cc2)nnc1SCC(=O)Nc1cccc(Cl)c1C. The zero-order chi connectivity index (χ0) is 22.6. The van der Waals surface area contributed by atoms with E-state index < -0.39 is 9.84 Å². The molecule has 0 radical (unpaired) electrons. The fourth-order valence-electron chi connectivity index (χ4n) is 2.91. The summed E-state index contributed by atoms with van der Waals surface area (Å²) in [6.45, 7) is 6.10. The summed E-state index contributed by atoms with van der Waals surface area (Å²) in [6.07, 6.45) is 0. The maximum Gasteiger partial charge on any atom is 0.234 e. The van der Waals surface area contributed by atoms with Gasteiger partial charge in [0, 0.05) is 17.3 Å². The van der Waals surface area contributed by atoms with E-state index >= 15 is 0 Å². The summed E-state index contributed by atoms with van der Waals surface area (Å²) < 4.78 is 27.2. The van der Waals surface area contributed by atoms with Gasteiger partial charge in [-0.05, 0) is 50.6 Å². The van der Waals surface area contributed by atoms with Crippen LogP contribution in [0.25, 0.3) is 0 Å². The van der Waals surface area contributed by atoms with E-state index in [4.69, 9.17) is 11.6 Å². The van der Waals surface area contributed by atoms with E-state index in [0.29, 0.717) is 28.2 Å². The van der Waals surface area contributed by atoms with Gasteiger partial charge >= 0.3 is 0 Å².